The molecule has 0 aromatic carbocycles. The molecule has 0 aliphatic heterocycles. The van der Waals surface area contributed by atoms with E-state index in [1.807, 2.05) is 6.92 Å². The fraction of sp³-hybridized carbons (Fsp3) is 0.182. The molecule has 0 spiro atoms. The monoisotopic (exact) mass is 201 g/mol. The third kappa shape index (κ3) is 1.66. The van der Waals surface area contributed by atoms with Gasteiger partial charge < -0.3 is 0 Å². The molecule has 2 rings (SSSR count). The van der Waals surface area contributed by atoms with E-state index in [1.165, 1.54) is 0 Å². The summed E-state index contributed by atoms with van der Waals surface area (Å²) in [7, 11) is 1.75. The van der Waals surface area contributed by atoms with Crippen LogP contribution >= 0.6 is 0 Å². The van der Waals surface area contributed by atoms with Crippen LogP contribution in [-0.2, 0) is 7.05 Å². The molecular weight excluding hydrogens is 190 g/mol. The van der Waals surface area contributed by atoms with Crippen molar-refractivity contribution in [2.75, 3.05) is 0 Å². The van der Waals surface area contributed by atoms with E-state index in [1.54, 1.807) is 42.5 Å². The molecular formula is C11H11N3O. The molecule has 0 saturated heterocycles. The molecule has 4 heteroatoms. The van der Waals surface area contributed by atoms with Crippen LogP contribution in [0.25, 0.3) is 0 Å². The van der Waals surface area contributed by atoms with Crippen LogP contribution in [0.1, 0.15) is 21.6 Å². The Morgan fingerprint density at radius 2 is 2.13 bits per heavy atom. The third-order valence-electron chi connectivity index (χ3n) is 2.32. The van der Waals surface area contributed by atoms with Crippen molar-refractivity contribution in [1.82, 2.24) is 14.8 Å². The van der Waals surface area contributed by atoms with Crippen molar-refractivity contribution in [3.05, 3.63) is 47.5 Å². The summed E-state index contributed by atoms with van der Waals surface area (Å²) in [6.45, 7) is 1.87. The lowest BCUT2D eigenvalue weighted by Crippen LogP contribution is -2.09. The zero-order valence-electron chi connectivity index (χ0n) is 8.64. The Bertz CT molecular complexity index is 502. The standard InChI is InChI=1S/C11H11N3O/c1-8-7-12-5-3-9(8)11(15)10-4-6-13-14(10)2/h3-7H,1-2H3. The van der Waals surface area contributed by atoms with Crippen molar-refractivity contribution in [2.24, 2.45) is 7.05 Å². The summed E-state index contributed by atoms with van der Waals surface area (Å²) in [5.74, 6) is -0.0186. The van der Waals surface area contributed by atoms with Crippen molar-refractivity contribution < 1.29 is 4.79 Å². The van der Waals surface area contributed by atoms with Gasteiger partial charge in [-0.1, -0.05) is 0 Å². The molecule has 15 heavy (non-hydrogen) atoms. The van der Waals surface area contributed by atoms with E-state index in [0.717, 1.165) is 5.56 Å². The predicted octanol–water partition coefficient (Wildman–Crippen LogP) is 1.35. The number of aryl methyl sites for hydroxylation is 2. The summed E-state index contributed by atoms with van der Waals surface area (Å²) in [5.41, 5.74) is 2.14. The fourth-order valence-corrected chi connectivity index (χ4v) is 1.46. The summed E-state index contributed by atoms with van der Waals surface area (Å²) in [5, 5.41) is 3.97. The van der Waals surface area contributed by atoms with Crippen LogP contribution in [0.15, 0.2) is 30.7 Å². The number of pyridine rings is 1. The first kappa shape index (κ1) is 9.58. The quantitative estimate of drug-likeness (QED) is 0.689. The second-order valence-corrected chi connectivity index (χ2v) is 3.36. The second-order valence-electron chi connectivity index (χ2n) is 3.36. The van der Waals surface area contributed by atoms with Crippen LogP contribution in [0.4, 0.5) is 0 Å². The number of carbonyl (C=O) groups is 1. The molecule has 0 unspecified atom stereocenters. The number of aromatic nitrogens is 3. The highest BCUT2D eigenvalue weighted by atomic mass is 16.1. The van der Waals surface area contributed by atoms with Gasteiger partial charge in [0, 0.05) is 31.2 Å². The van der Waals surface area contributed by atoms with E-state index in [9.17, 15) is 4.79 Å². The first-order valence-electron chi connectivity index (χ1n) is 4.63. The molecule has 0 amide bonds. The Kier molecular flexibility index (Phi) is 2.33. The molecule has 0 N–H and O–H groups in total. The van der Waals surface area contributed by atoms with Gasteiger partial charge in [0.1, 0.15) is 5.69 Å². The smallest absolute Gasteiger partial charge is 0.211 e. The lowest BCUT2D eigenvalue weighted by molar-refractivity contribution is 0.102. The summed E-state index contributed by atoms with van der Waals surface area (Å²) < 4.78 is 1.57. The maximum Gasteiger partial charge on any atom is 0.211 e. The van der Waals surface area contributed by atoms with Gasteiger partial charge in [0.15, 0.2) is 0 Å². The molecule has 0 fully saturated rings. The van der Waals surface area contributed by atoms with E-state index in [0.29, 0.717) is 11.3 Å². The Balaban J connectivity index is 2.46. The van der Waals surface area contributed by atoms with Crippen LogP contribution < -0.4 is 0 Å². The Labute approximate surface area is 87.6 Å². The SMILES string of the molecule is Cc1cnccc1C(=O)c1ccnn1C. The second kappa shape index (κ2) is 3.65. The van der Waals surface area contributed by atoms with Crippen molar-refractivity contribution in [3.8, 4) is 0 Å². The van der Waals surface area contributed by atoms with Crippen LogP contribution in [-0.4, -0.2) is 20.5 Å². The van der Waals surface area contributed by atoms with Crippen LogP contribution in [0.3, 0.4) is 0 Å². The first-order valence-corrected chi connectivity index (χ1v) is 4.63. The fourth-order valence-electron chi connectivity index (χ4n) is 1.46. The minimum Gasteiger partial charge on any atom is -0.287 e. The molecule has 76 valence electrons. The molecule has 0 aliphatic carbocycles. The van der Waals surface area contributed by atoms with E-state index in [2.05, 4.69) is 10.1 Å². The summed E-state index contributed by atoms with van der Waals surface area (Å²) >= 11 is 0. The summed E-state index contributed by atoms with van der Waals surface area (Å²) in [6.07, 6.45) is 4.92. The number of hydrogen-bond donors (Lipinski definition) is 0. The molecule has 2 aromatic rings. The maximum absolute atomic E-state index is 12.1. The molecule has 2 heterocycles. The lowest BCUT2D eigenvalue weighted by atomic mass is 10.1. The average Bonchev–Trinajstić information content (AvgIpc) is 2.64. The highest BCUT2D eigenvalue weighted by Crippen LogP contribution is 2.11. The van der Waals surface area contributed by atoms with E-state index in [4.69, 9.17) is 0 Å². The highest BCUT2D eigenvalue weighted by Gasteiger charge is 2.14. The summed E-state index contributed by atoms with van der Waals surface area (Å²) in [4.78, 5) is 16.0. The summed E-state index contributed by atoms with van der Waals surface area (Å²) in [6, 6.07) is 3.44. The van der Waals surface area contributed by atoms with E-state index < -0.39 is 0 Å². The molecule has 4 nitrogen and oxygen atoms in total. The Morgan fingerprint density at radius 3 is 2.73 bits per heavy atom. The van der Waals surface area contributed by atoms with Gasteiger partial charge in [-0.3, -0.25) is 14.5 Å². The van der Waals surface area contributed by atoms with Crippen LogP contribution in [0.5, 0.6) is 0 Å². The largest absolute Gasteiger partial charge is 0.287 e. The maximum atomic E-state index is 12.1. The van der Waals surface area contributed by atoms with Crippen LogP contribution in [0, 0.1) is 6.92 Å². The third-order valence-corrected chi connectivity index (χ3v) is 2.32. The number of ketones is 1. The lowest BCUT2D eigenvalue weighted by Gasteiger charge is -2.03. The highest BCUT2D eigenvalue weighted by molar-refractivity contribution is 6.08. The Morgan fingerprint density at radius 1 is 1.33 bits per heavy atom. The predicted molar refractivity (Wildman–Crippen MR) is 55.6 cm³/mol. The van der Waals surface area contributed by atoms with E-state index >= 15 is 0 Å². The van der Waals surface area contributed by atoms with Gasteiger partial charge in [0.05, 0.1) is 0 Å². The van der Waals surface area contributed by atoms with E-state index in [-0.39, 0.29) is 5.78 Å². The number of carbonyl (C=O) groups excluding carboxylic acids is 1. The zero-order valence-corrected chi connectivity index (χ0v) is 8.64. The minimum absolute atomic E-state index is 0.0186. The molecule has 2 aromatic heterocycles. The van der Waals surface area contributed by atoms with Gasteiger partial charge in [0.25, 0.3) is 0 Å². The Hall–Kier alpha value is -1.97. The van der Waals surface area contributed by atoms with Gasteiger partial charge in [-0.15, -0.1) is 0 Å². The molecule has 0 atom stereocenters. The zero-order chi connectivity index (χ0) is 10.8. The topological polar surface area (TPSA) is 47.8 Å². The van der Waals surface area contributed by atoms with Crippen molar-refractivity contribution in [3.63, 3.8) is 0 Å². The number of hydrogen-bond acceptors (Lipinski definition) is 3. The van der Waals surface area contributed by atoms with Gasteiger partial charge in [-0.2, -0.15) is 5.10 Å². The van der Waals surface area contributed by atoms with Crippen molar-refractivity contribution >= 4 is 5.78 Å². The molecule has 0 bridgehead atoms. The minimum atomic E-state index is -0.0186. The van der Waals surface area contributed by atoms with Gasteiger partial charge in [0.2, 0.25) is 5.78 Å². The van der Waals surface area contributed by atoms with Crippen molar-refractivity contribution in [1.29, 1.82) is 0 Å². The number of nitrogens with zero attached hydrogens (tertiary/aromatic N) is 3. The molecule has 0 aliphatic rings. The average molecular weight is 201 g/mol. The molecule has 0 radical (unpaired) electrons. The van der Waals surface area contributed by atoms with Gasteiger partial charge in [-0.25, -0.2) is 0 Å². The molecule has 0 saturated carbocycles. The van der Waals surface area contributed by atoms with Gasteiger partial charge >= 0.3 is 0 Å². The van der Waals surface area contributed by atoms with Crippen molar-refractivity contribution in [2.45, 2.75) is 6.92 Å². The van der Waals surface area contributed by atoms with Gasteiger partial charge in [-0.05, 0) is 24.6 Å². The normalized spacial score (nSPS) is 10.3. The van der Waals surface area contributed by atoms with Crippen LogP contribution in [0.2, 0.25) is 0 Å². The first-order chi connectivity index (χ1) is 7.20. The number of rotatable bonds is 2.